The van der Waals surface area contributed by atoms with Crippen molar-refractivity contribution >= 4 is 6.29 Å². The van der Waals surface area contributed by atoms with Gasteiger partial charge in [-0.05, 0) is 24.3 Å². The SMILES string of the molecule is O=Cc1ccc(F)c(-c2cccnc2)n1. The Kier molecular flexibility index (Phi) is 2.49. The maximum absolute atomic E-state index is 13.4. The summed E-state index contributed by atoms with van der Waals surface area (Å²) in [6, 6.07) is 5.93. The van der Waals surface area contributed by atoms with Crippen LogP contribution in [0.1, 0.15) is 10.5 Å². The number of rotatable bonds is 2. The van der Waals surface area contributed by atoms with Gasteiger partial charge in [0.05, 0.1) is 0 Å². The van der Waals surface area contributed by atoms with Crippen LogP contribution in [0.25, 0.3) is 11.3 Å². The van der Waals surface area contributed by atoms with E-state index < -0.39 is 5.82 Å². The third kappa shape index (κ3) is 1.88. The van der Waals surface area contributed by atoms with E-state index in [0.717, 1.165) is 0 Å². The van der Waals surface area contributed by atoms with E-state index >= 15 is 0 Å². The molecule has 0 aliphatic heterocycles. The summed E-state index contributed by atoms with van der Waals surface area (Å²) in [7, 11) is 0. The molecule has 0 aliphatic carbocycles. The van der Waals surface area contributed by atoms with Gasteiger partial charge >= 0.3 is 0 Å². The first-order chi connectivity index (χ1) is 7.31. The Morgan fingerprint density at radius 2 is 2.13 bits per heavy atom. The molecule has 0 fully saturated rings. The minimum absolute atomic E-state index is 0.146. The fourth-order valence-electron chi connectivity index (χ4n) is 1.23. The van der Waals surface area contributed by atoms with Crippen LogP contribution < -0.4 is 0 Å². The second kappa shape index (κ2) is 3.96. The van der Waals surface area contributed by atoms with Gasteiger partial charge in [-0.1, -0.05) is 0 Å². The predicted octanol–water partition coefficient (Wildman–Crippen LogP) is 2.10. The van der Waals surface area contributed by atoms with Crippen molar-refractivity contribution in [2.45, 2.75) is 0 Å². The van der Waals surface area contributed by atoms with Gasteiger partial charge in [0.2, 0.25) is 0 Å². The summed E-state index contributed by atoms with van der Waals surface area (Å²) in [6.07, 6.45) is 3.67. The first kappa shape index (κ1) is 9.45. The van der Waals surface area contributed by atoms with Crippen molar-refractivity contribution < 1.29 is 9.18 Å². The van der Waals surface area contributed by atoms with Gasteiger partial charge < -0.3 is 0 Å². The molecule has 74 valence electrons. The molecule has 0 bridgehead atoms. The highest BCUT2D eigenvalue weighted by Crippen LogP contribution is 2.18. The van der Waals surface area contributed by atoms with Crippen molar-refractivity contribution in [3.05, 3.63) is 48.2 Å². The summed E-state index contributed by atoms with van der Waals surface area (Å²) >= 11 is 0. The number of halogens is 1. The minimum atomic E-state index is -0.464. The van der Waals surface area contributed by atoms with Crippen molar-refractivity contribution in [3.8, 4) is 11.3 Å². The van der Waals surface area contributed by atoms with Crippen LogP contribution in [0.3, 0.4) is 0 Å². The zero-order chi connectivity index (χ0) is 10.7. The summed E-state index contributed by atoms with van der Waals surface area (Å²) in [6.45, 7) is 0. The van der Waals surface area contributed by atoms with Gasteiger partial charge in [0.1, 0.15) is 17.2 Å². The van der Waals surface area contributed by atoms with Crippen LogP contribution in [0, 0.1) is 5.82 Å². The average Bonchev–Trinajstić information content (AvgIpc) is 2.31. The molecule has 2 aromatic rings. The lowest BCUT2D eigenvalue weighted by atomic mass is 10.2. The Morgan fingerprint density at radius 3 is 2.80 bits per heavy atom. The molecule has 3 nitrogen and oxygen atoms in total. The van der Waals surface area contributed by atoms with E-state index in [9.17, 15) is 9.18 Å². The molecule has 0 aromatic carbocycles. The molecule has 0 aliphatic rings. The second-order valence-corrected chi connectivity index (χ2v) is 2.93. The maximum atomic E-state index is 13.4. The molecule has 2 rings (SSSR count). The topological polar surface area (TPSA) is 42.9 Å². The van der Waals surface area contributed by atoms with Gasteiger partial charge in [0.25, 0.3) is 0 Å². The van der Waals surface area contributed by atoms with Gasteiger partial charge in [-0.15, -0.1) is 0 Å². The molecule has 0 saturated carbocycles. The highest BCUT2D eigenvalue weighted by atomic mass is 19.1. The first-order valence-electron chi connectivity index (χ1n) is 4.33. The van der Waals surface area contributed by atoms with Crippen molar-refractivity contribution in [1.82, 2.24) is 9.97 Å². The molecule has 0 unspecified atom stereocenters. The lowest BCUT2D eigenvalue weighted by Gasteiger charge is -2.01. The van der Waals surface area contributed by atoms with Crippen molar-refractivity contribution in [2.75, 3.05) is 0 Å². The van der Waals surface area contributed by atoms with E-state index in [0.29, 0.717) is 11.8 Å². The molecule has 0 saturated heterocycles. The Hall–Kier alpha value is -2.10. The van der Waals surface area contributed by atoms with Gasteiger partial charge in [-0.25, -0.2) is 9.37 Å². The molecule has 0 atom stereocenters. The van der Waals surface area contributed by atoms with Crippen LogP contribution in [-0.4, -0.2) is 16.3 Å². The van der Waals surface area contributed by atoms with Crippen LogP contribution >= 0.6 is 0 Å². The normalized spacial score (nSPS) is 9.93. The van der Waals surface area contributed by atoms with Crippen LogP contribution in [0.15, 0.2) is 36.7 Å². The second-order valence-electron chi connectivity index (χ2n) is 2.93. The summed E-state index contributed by atoms with van der Waals surface area (Å²) in [4.78, 5) is 18.2. The molecule has 0 spiro atoms. The summed E-state index contributed by atoms with van der Waals surface area (Å²) in [5.41, 5.74) is 0.904. The van der Waals surface area contributed by atoms with Crippen LogP contribution in [0.4, 0.5) is 4.39 Å². The summed E-state index contributed by atoms with van der Waals surface area (Å²) < 4.78 is 13.4. The van der Waals surface area contributed by atoms with Crippen LogP contribution in [0.5, 0.6) is 0 Å². The van der Waals surface area contributed by atoms with E-state index in [1.54, 1.807) is 18.3 Å². The van der Waals surface area contributed by atoms with E-state index in [4.69, 9.17) is 0 Å². The zero-order valence-corrected chi connectivity index (χ0v) is 7.72. The largest absolute Gasteiger partial charge is 0.296 e. The average molecular weight is 202 g/mol. The Bertz CT molecular complexity index is 485. The third-order valence-electron chi connectivity index (χ3n) is 1.92. The Morgan fingerprint density at radius 1 is 1.27 bits per heavy atom. The number of hydrogen-bond acceptors (Lipinski definition) is 3. The van der Waals surface area contributed by atoms with Gasteiger partial charge in [-0.3, -0.25) is 9.78 Å². The lowest BCUT2D eigenvalue weighted by molar-refractivity contribution is 0.111. The van der Waals surface area contributed by atoms with Gasteiger partial charge in [0, 0.05) is 18.0 Å². The molecule has 15 heavy (non-hydrogen) atoms. The zero-order valence-electron chi connectivity index (χ0n) is 7.72. The molecule has 4 heteroatoms. The maximum Gasteiger partial charge on any atom is 0.168 e. The highest BCUT2D eigenvalue weighted by Gasteiger charge is 2.07. The molecule has 0 N–H and O–H groups in total. The fraction of sp³-hybridized carbons (Fsp3) is 0. The fourth-order valence-corrected chi connectivity index (χ4v) is 1.23. The smallest absolute Gasteiger partial charge is 0.168 e. The van der Waals surface area contributed by atoms with Crippen LogP contribution in [-0.2, 0) is 0 Å². The van der Waals surface area contributed by atoms with Crippen molar-refractivity contribution in [1.29, 1.82) is 0 Å². The third-order valence-corrected chi connectivity index (χ3v) is 1.92. The quantitative estimate of drug-likeness (QED) is 0.700. The van der Waals surface area contributed by atoms with Crippen molar-refractivity contribution in [2.24, 2.45) is 0 Å². The van der Waals surface area contributed by atoms with Crippen molar-refractivity contribution in [3.63, 3.8) is 0 Å². The van der Waals surface area contributed by atoms with Gasteiger partial charge in [0.15, 0.2) is 6.29 Å². The number of aldehydes is 1. The Balaban J connectivity index is 2.57. The van der Waals surface area contributed by atoms with E-state index in [1.807, 2.05) is 0 Å². The summed E-state index contributed by atoms with van der Waals surface area (Å²) in [5, 5.41) is 0. The predicted molar refractivity (Wildman–Crippen MR) is 52.8 cm³/mol. The number of aromatic nitrogens is 2. The molecule has 2 aromatic heterocycles. The van der Waals surface area contributed by atoms with Crippen LogP contribution in [0.2, 0.25) is 0 Å². The summed E-state index contributed by atoms with van der Waals surface area (Å²) in [5.74, 6) is -0.464. The lowest BCUT2D eigenvalue weighted by Crippen LogP contribution is -1.94. The first-order valence-corrected chi connectivity index (χ1v) is 4.33. The standard InChI is InChI=1S/C11H7FN2O/c12-10-4-3-9(7-15)14-11(10)8-2-1-5-13-6-8/h1-7H. The molecular formula is C11H7FN2O. The van der Waals surface area contributed by atoms with E-state index in [2.05, 4.69) is 9.97 Å². The van der Waals surface area contributed by atoms with E-state index in [-0.39, 0.29) is 11.4 Å². The molecule has 2 heterocycles. The van der Waals surface area contributed by atoms with E-state index in [1.165, 1.54) is 18.3 Å². The monoisotopic (exact) mass is 202 g/mol. The number of nitrogens with zero attached hydrogens (tertiary/aromatic N) is 2. The number of carbonyl (C=O) groups is 1. The number of pyridine rings is 2. The van der Waals surface area contributed by atoms with Gasteiger partial charge in [-0.2, -0.15) is 0 Å². The molecular weight excluding hydrogens is 195 g/mol. The highest BCUT2D eigenvalue weighted by molar-refractivity contribution is 5.73. The Labute approximate surface area is 85.6 Å². The molecule has 0 amide bonds. The number of hydrogen-bond donors (Lipinski definition) is 0. The minimum Gasteiger partial charge on any atom is -0.296 e. The molecule has 0 radical (unpaired) electrons. The number of carbonyl (C=O) groups excluding carboxylic acids is 1.